The average molecular weight is 317 g/mol. The van der Waals surface area contributed by atoms with Crippen molar-refractivity contribution < 1.29 is 13.2 Å². The van der Waals surface area contributed by atoms with Gasteiger partial charge in [-0.1, -0.05) is 6.92 Å². The summed E-state index contributed by atoms with van der Waals surface area (Å²) in [6.45, 7) is 7.19. The number of nitrogens with zero attached hydrogens (tertiary/aromatic N) is 2. The highest BCUT2D eigenvalue weighted by atomic mass is 32.2. The van der Waals surface area contributed by atoms with Gasteiger partial charge in [0.25, 0.3) is 0 Å². The van der Waals surface area contributed by atoms with Crippen LogP contribution in [-0.2, 0) is 27.8 Å². The predicted octanol–water partition coefficient (Wildman–Crippen LogP) is 1.27. The molecule has 1 rings (SSSR count). The number of aryl methyl sites for hydroxylation is 1. The Morgan fingerprint density at radius 3 is 2.67 bits per heavy atom. The Kier molecular flexibility index (Phi) is 7.37. The van der Waals surface area contributed by atoms with Crippen LogP contribution in [0.2, 0.25) is 0 Å². The van der Waals surface area contributed by atoms with E-state index in [2.05, 4.69) is 12.2 Å². The summed E-state index contributed by atoms with van der Waals surface area (Å²) in [5, 5.41) is 3.31. The standard InChI is InChI=1S/C14H27N3O3S/c1-5-7-15-11-13-10-14(12-17(13)6-2)21(18,19)16(3)8-9-20-4/h10,12,15H,5-9,11H2,1-4H3. The van der Waals surface area contributed by atoms with E-state index in [1.54, 1.807) is 26.4 Å². The number of likely N-dealkylation sites (N-methyl/N-ethyl adjacent to an activating group) is 1. The molecule has 122 valence electrons. The molecule has 7 heteroatoms. The smallest absolute Gasteiger partial charge is 0.244 e. The zero-order valence-electron chi connectivity index (χ0n) is 13.4. The first-order valence-corrected chi connectivity index (χ1v) is 8.76. The second kappa shape index (κ2) is 8.53. The van der Waals surface area contributed by atoms with E-state index >= 15 is 0 Å². The molecule has 0 saturated carbocycles. The lowest BCUT2D eigenvalue weighted by atomic mass is 10.4. The molecule has 21 heavy (non-hydrogen) atoms. The predicted molar refractivity (Wildman–Crippen MR) is 83.8 cm³/mol. The molecule has 1 aromatic rings. The van der Waals surface area contributed by atoms with Gasteiger partial charge in [-0.3, -0.25) is 0 Å². The Morgan fingerprint density at radius 1 is 1.38 bits per heavy atom. The quantitative estimate of drug-likeness (QED) is 0.660. The summed E-state index contributed by atoms with van der Waals surface area (Å²) >= 11 is 0. The van der Waals surface area contributed by atoms with Crippen molar-refractivity contribution in [2.24, 2.45) is 0 Å². The monoisotopic (exact) mass is 317 g/mol. The fourth-order valence-corrected chi connectivity index (χ4v) is 3.24. The van der Waals surface area contributed by atoms with Crippen molar-refractivity contribution in [2.45, 2.75) is 38.3 Å². The summed E-state index contributed by atoms with van der Waals surface area (Å²) in [4.78, 5) is 0.344. The highest BCUT2D eigenvalue weighted by Crippen LogP contribution is 2.18. The van der Waals surface area contributed by atoms with Gasteiger partial charge in [0.15, 0.2) is 0 Å². The second-order valence-corrected chi connectivity index (χ2v) is 6.99. The van der Waals surface area contributed by atoms with E-state index in [1.165, 1.54) is 4.31 Å². The van der Waals surface area contributed by atoms with Crippen molar-refractivity contribution in [1.29, 1.82) is 0 Å². The summed E-state index contributed by atoms with van der Waals surface area (Å²) < 4.78 is 33.2. The lowest BCUT2D eigenvalue weighted by molar-refractivity contribution is 0.185. The van der Waals surface area contributed by atoms with Crippen LogP contribution < -0.4 is 5.32 Å². The van der Waals surface area contributed by atoms with Gasteiger partial charge in [-0.15, -0.1) is 0 Å². The zero-order chi connectivity index (χ0) is 15.9. The molecule has 1 heterocycles. The Morgan fingerprint density at radius 2 is 2.10 bits per heavy atom. The summed E-state index contributed by atoms with van der Waals surface area (Å²) in [6.07, 6.45) is 2.76. The number of sulfonamides is 1. The van der Waals surface area contributed by atoms with Crippen LogP contribution in [0.4, 0.5) is 0 Å². The maximum absolute atomic E-state index is 12.5. The average Bonchev–Trinajstić information content (AvgIpc) is 2.89. The Bertz CT molecular complexity index is 526. The normalized spacial score (nSPS) is 12.2. The van der Waals surface area contributed by atoms with Gasteiger partial charge in [0, 0.05) is 45.7 Å². The van der Waals surface area contributed by atoms with Crippen LogP contribution in [-0.4, -0.2) is 51.1 Å². The molecule has 0 unspecified atom stereocenters. The zero-order valence-corrected chi connectivity index (χ0v) is 14.2. The number of hydrogen-bond donors (Lipinski definition) is 1. The largest absolute Gasteiger partial charge is 0.383 e. The minimum Gasteiger partial charge on any atom is -0.383 e. The van der Waals surface area contributed by atoms with Crippen molar-refractivity contribution >= 4 is 10.0 Å². The molecule has 0 aliphatic carbocycles. The van der Waals surface area contributed by atoms with Crippen LogP contribution in [0.15, 0.2) is 17.2 Å². The van der Waals surface area contributed by atoms with E-state index in [0.717, 1.165) is 25.2 Å². The van der Waals surface area contributed by atoms with E-state index in [1.807, 2.05) is 11.5 Å². The van der Waals surface area contributed by atoms with Gasteiger partial charge >= 0.3 is 0 Å². The van der Waals surface area contributed by atoms with Gasteiger partial charge in [-0.25, -0.2) is 8.42 Å². The molecule has 6 nitrogen and oxygen atoms in total. The number of aromatic nitrogens is 1. The Labute approximate surface area is 128 Å². The number of methoxy groups -OCH3 is 1. The molecule has 0 aliphatic rings. The number of rotatable bonds is 10. The minimum atomic E-state index is -3.45. The van der Waals surface area contributed by atoms with Crippen LogP contribution in [0, 0.1) is 0 Å². The van der Waals surface area contributed by atoms with E-state index < -0.39 is 10.0 Å². The van der Waals surface area contributed by atoms with Crippen molar-refractivity contribution in [2.75, 3.05) is 33.9 Å². The SMILES string of the molecule is CCCNCc1cc(S(=O)(=O)N(C)CCOC)cn1CC. The number of ether oxygens (including phenoxy) is 1. The van der Waals surface area contributed by atoms with Crippen LogP contribution in [0.5, 0.6) is 0 Å². The molecule has 0 spiro atoms. The summed E-state index contributed by atoms with van der Waals surface area (Å²) in [6, 6.07) is 1.75. The van der Waals surface area contributed by atoms with Crippen LogP contribution >= 0.6 is 0 Å². The van der Waals surface area contributed by atoms with Gasteiger partial charge in [-0.2, -0.15) is 4.31 Å². The fraction of sp³-hybridized carbons (Fsp3) is 0.714. The number of hydrogen-bond acceptors (Lipinski definition) is 4. The summed E-state index contributed by atoms with van der Waals surface area (Å²) in [5.74, 6) is 0. The molecule has 0 bridgehead atoms. The molecule has 0 atom stereocenters. The van der Waals surface area contributed by atoms with Gasteiger partial charge < -0.3 is 14.6 Å². The van der Waals surface area contributed by atoms with Crippen LogP contribution in [0.1, 0.15) is 26.0 Å². The van der Waals surface area contributed by atoms with Crippen molar-refractivity contribution in [3.05, 3.63) is 18.0 Å². The van der Waals surface area contributed by atoms with Gasteiger partial charge in [0.05, 0.1) is 6.61 Å². The molecule has 0 aliphatic heterocycles. The van der Waals surface area contributed by atoms with E-state index in [4.69, 9.17) is 4.74 Å². The molecule has 0 fully saturated rings. The first kappa shape index (κ1) is 18.2. The first-order valence-electron chi connectivity index (χ1n) is 7.32. The minimum absolute atomic E-state index is 0.344. The lowest BCUT2D eigenvalue weighted by Gasteiger charge is -2.15. The topological polar surface area (TPSA) is 63.6 Å². The lowest BCUT2D eigenvalue weighted by Crippen LogP contribution is -2.29. The second-order valence-electron chi connectivity index (χ2n) is 4.95. The fourth-order valence-electron chi connectivity index (χ4n) is 2.02. The molecule has 1 N–H and O–H groups in total. The Balaban J connectivity index is 2.91. The maximum Gasteiger partial charge on any atom is 0.244 e. The van der Waals surface area contributed by atoms with E-state index in [9.17, 15) is 8.42 Å². The van der Waals surface area contributed by atoms with E-state index in [-0.39, 0.29) is 0 Å². The molecule has 0 radical (unpaired) electrons. The first-order chi connectivity index (χ1) is 9.97. The molecular weight excluding hydrogens is 290 g/mol. The third kappa shape index (κ3) is 4.81. The molecule has 0 aromatic carbocycles. The number of nitrogens with one attached hydrogen (secondary N) is 1. The van der Waals surface area contributed by atoms with Gasteiger partial charge in [-0.05, 0) is 26.0 Å². The molecular formula is C14H27N3O3S. The third-order valence-corrected chi connectivity index (χ3v) is 5.18. The van der Waals surface area contributed by atoms with Crippen LogP contribution in [0.3, 0.4) is 0 Å². The molecule has 0 amide bonds. The molecule has 0 saturated heterocycles. The van der Waals surface area contributed by atoms with E-state index in [0.29, 0.717) is 24.6 Å². The van der Waals surface area contributed by atoms with Crippen molar-refractivity contribution in [1.82, 2.24) is 14.2 Å². The highest BCUT2D eigenvalue weighted by molar-refractivity contribution is 7.89. The van der Waals surface area contributed by atoms with Crippen molar-refractivity contribution in [3.8, 4) is 0 Å². The van der Waals surface area contributed by atoms with Gasteiger partial charge in [0.2, 0.25) is 10.0 Å². The van der Waals surface area contributed by atoms with Crippen molar-refractivity contribution in [3.63, 3.8) is 0 Å². The Hall–Kier alpha value is -0.890. The summed E-state index contributed by atoms with van der Waals surface area (Å²) in [7, 11) is -0.312. The van der Waals surface area contributed by atoms with Crippen LogP contribution in [0.25, 0.3) is 0 Å². The highest BCUT2D eigenvalue weighted by Gasteiger charge is 2.23. The molecule has 1 aromatic heterocycles. The summed E-state index contributed by atoms with van der Waals surface area (Å²) in [5.41, 5.74) is 0.990. The maximum atomic E-state index is 12.5. The van der Waals surface area contributed by atoms with Gasteiger partial charge in [0.1, 0.15) is 4.90 Å². The third-order valence-electron chi connectivity index (χ3n) is 3.35.